The van der Waals surface area contributed by atoms with E-state index in [0.29, 0.717) is 19.8 Å². The SMILES string of the molecule is CCO[Si](OCC)(OCC)c1ccc(Cn2cc[n+](-c3c(C)cc(C)cc3C)c2)cc1.[Br-]. The van der Waals surface area contributed by atoms with Crippen molar-refractivity contribution in [1.29, 1.82) is 0 Å². The molecule has 0 saturated carbocycles. The maximum absolute atomic E-state index is 6.02. The number of benzene rings is 2. The second-order valence-electron chi connectivity index (χ2n) is 7.79. The lowest BCUT2D eigenvalue weighted by Crippen LogP contribution is -3.00. The Morgan fingerprint density at radius 1 is 0.844 bits per heavy atom. The molecule has 174 valence electrons. The van der Waals surface area contributed by atoms with Crippen molar-refractivity contribution < 1.29 is 34.8 Å². The lowest BCUT2D eigenvalue weighted by atomic mass is 10.1. The number of halogens is 1. The fourth-order valence-corrected chi connectivity index (χ4v) is 6.63. The molecule has 0 aliphatic carbocycles. The van der Waals surface area contributed by atoms with Crippen molar-refractivity contribution in [3.63, 3.8) is 0 Å². The first-order valence-corrected chi connectivity index (χ1v) is 12.8. The maximum atomic E-state index is 6.02. The van der Waals surface area contributed by atoms with Crippen LogP contribution in [0.2, 0.25) is 0 Å². The van der Waals surface area contributed by atoms with E-state index in [1.807, 2.05) is 20.8 Å². The van der Waals surface area contributed by atoms with E-state index in [1.54, 1.807) is 0 Å². The van der Waals surface area contributed by atoms with Gasteiger partial charge in [-0.2, -0.15) is 0 Å². The molecule has 0 atom stereocenters. The van der Waals surface area contributed by atoms with Crippen LogP contribution in [0, 0.1) is 20.8 Å². The van der Waals surface area contributed by atoms with Gasteiger partial charge in [0.05, 0.1) is 0 Å². The Labute approximate surface area is 204 Å². The minimum Gasteiger partial charge on any atom is -1.00 e. The highest BCUT2D eigenvalue weighted by Gasteiger charge is 2.43. The molecular formula is C25H35BrN2O3Si. The normalized spacial score (nSPS) is 11.4. The molecule has 3 aromatic rings. The molecule has 0 unspecified atom stereocenters. The molecule has 0 spiro atoms. The quantitative estimate of drug-likeness (QED) is 0.296. The van der Waals surface area contributed by atoms with Gasteiger partial charge in [-0.15, -0.1) is 0 Å². The summed E-state index contributed by atoms with van der Waals surface area (Å²) in [6, 6.07) is 12.9. The molecule has 0 saturated heterocycles. The van der Waals surface area contributed by atoms with E-state index >= 15 is 0 Å². The molecule has 0 amide bonds. The summed E-state index contributed by atoms with van der Waals surface area (Å²) in [4.78, 5) is 0. The van der Waals surface area contributed by atoms with Crippen LogP contribution in [0.5, 0.6) is 0 Å². The van der Waals surface area contributed by atoms with Gasteiger partial charge in [0.1, 0.15) is 24.6 Å². The third kappa shape index (κ3) is 5.97. The molecule has 0 aliphatic heterocycles. The van der Waals surface area contributed by atoms with Crippen molar-refractivity contribution >= 4 is 14.0 Å². The molecule has 5 nitrogen and oxygen atoms in total. The molecule has 1 heterocycles. The first-order valence-electron chi connectivity index (χ1n) is 11.1. The molecule has 3 rings (SSSR count). The number of aryl methyl sites for hydroxylation is 3. The average molecular weight is 520 g/mol. The summed E-state index contributed by atoms with van der Waals surface area (Å²) in [6.45, 7) is 14.9. The van der Waals surface area contributed by atoms with Crippen LogP contribution in [-0.2, 0) is 19.8 Å². The minimum atomic E-state index is -2.85. The summed E-state index contributed by atoms with van der Waals surface area (Å²) in [5.74, 6) is 0. The van der Waals surface area contributed by atoms with E-state index in [1.165, 1.54) is 27.9 Å². The Morgan fingerprint density at radius 2 is 1.38 bits per heavy atom. The van der Waals surface area contributed by atoms with E-state index in [9.17, 15) is 0 Å². The zero-order valence-electron chi connectivity index (χ0n) is 20.0. The monoisotopic (exact) mass is 518 g/mol. The Morgan fingerprint density at radius 3 is 1.88 bits per heavy atom. The number of aromatic nitrogens is 2. The lowest BCUT2D eigenvalue weighted by molar-refractivity contribution is -0.596. The van der Waals surface area contributed by atoms with Gasteiger partial charge in [0.2, 0.25) is 6.33 Å². The number of hydrogen-bond donors (Lipinski definition) is 0. The van der Waals surface area contributed by atoms with Crippen molar-refractivity contribution in [3.8, 4) is 5.69 Å². The van der Waals surface area contributed by atoms with Crippen LogP contribution in [0.25, 0.3) is 5.69 Å². The van der Waals surface area contributed by atoms with Gasteiger partial charge in [-0.3, -0.25) is 0 Å². The zero-order chi connectivity index (χ0) is 22.4. The second-order valence-corrected chi connectivity index (χ2v) is 10.3. The third-order valence-corrected chi connectivity index (χ3v) is 8.31. The largest absolute Gasteiger partial charge is 1.00 e. The van der Waals surface area contributed by atoms with Crippen molar-refractivity contribution in [1.82, 2.24) is 4.57 Å². The average Bonchev–Trinajstić information content (AvgIpc) is 3.16. The molecule has 0 N–H and O–H groups in total. The summed E-state index contributed by atoms with van der Waals surface area (Å²) in [6.07, 6.45) is 6.39. The van der Waals surface area contributed by atoms with Crippen LogP contribution in [0.3, 0.4) is 0 Å². The minimum absolute atomic E-state index is 0. The topological polar surface area (TPSA) is 36.5 Å². The van der Waals surface area contributed by atoms with Crippen LogP contribution < -0.4 is 26.7 Å². The van der Waals surface area contributed by atoms with Crippen LogP contribution >= 0.6 is 0 Å². The molecule has 7 heteroatoms. The Hall–Kier alpha value is -1.77. The molecule has 0 aliphatic rings. The van der Waals surface area contributed by atoms with Gasteiger partial charge in [-0.25, -0.2) is 9.13 Å². The third-order valence-electron chi connectivity index (χ3n) is 5.26. The van der Waals surface area contributed by atoms with Crippen LogP contribution in [-0.4, -0.2) is 33.2 Å². The highest BCUT2D eigenvalue weighted by Crippen LogP contribution is 2.16. The van der Waals surface area contributed by atoms with Gasteiger partial charge in [0.15, 0.2) is 0 Å². The van der Waals surface area contributed by atoms with Crippen LogP contribution in [0.4, 0.5) is 0 Å². The summed E-state index contributed by atoms with van der Waals surface area (Å²) < 4.78 is 22.5. The van der Waals surface area contributed by atoms with Gasteiger partial charge in [0.25, 0.3) is 0 Å². The first-order chi connectivity index (χ1) is 14.9. The summed E-state index contributed by atoms with van der Waals surface area (Å²) in [5.41, 5.74) is 6.34. The van der Waals surface area contributed by atoms with Crippen molar-refractivity contribution in [3.05, 3.63) is 77.4 Å². The van der Waals surface area contributed by atoms with Crippen molar-refractivity contribution in [2.45, 2.75) is 48.1 Å². The molecule has 0 radical (unpaired) electrons. The van der Waals surface area contributed by atoms with Gasteiger partial charge >= 0.3 is 8.80 Å². The fourth-order valence-electron chi connectivity index (χ4n) is 4.17. The standard InChI is InChI=1S/C25H35N2O3Si.BrH/c1-7-28-31(29-8-2,30-9-3)24-12-10-23(11-13-24)18-26-14-15-27(19-26)25-21(5)16-20(4)17-22(25)6;/h10-17,19H,7-9,18H2,1-6H3;1H/q+1;/p-1. The lowest BCUT2D eigenvalue weighted by Gasteiger charge is -2.28. The predicted molar refractivity (Wildman–Crippen MR) is 126 cm³/mol. The summed E-state index contributed by atoms with van der Waals surface area (Å²) >= 11 is 0. The van der Waals surface area contributed by atoms with E-state index in [2.05, 4.69) is 85.0 Å². The van der Waals surface area contributed by atoms with Crippen LogP contribution in [0.15, 0.2) is 55.1 Å². The maximum Gasteiger partial charge on any atom is 0.537 e. The first kappa shape index (κ1) is 26.5. The number of rotatable bonds is 10. The van der Waals surface area contributed by atoms with E-state index < -0.39 is 8.80 Å². The zero-order valence-corrected chi connectivity index (χ0v) is 22.6. The summed E-state index contributed by atoms with van der Waals surface area (Å²) in [5, 5.41) is 1.01. The fraction of sp³-hybridized carbons (Fsp3) is 0.400. The number of imidazole rings is 1. The van der Waals surface area contributed by atoms with E-state index in [-0.39, 0.29) is 17.0 Å². The number of nitrogens with zero attached hydrogens (tertiary/aromatic N) is 2. The summed E-state index contributed by atoms with van der Waals surface area (Å²) in [7, 11) is -2.85. The van der Waals surface area contributed by atoms with Gasteiger partial charge in [0, 0.05) is 25.0 Å². The van der Waals surface area contributed by atoms with Crippen molar-refractivity contribution in [2.24, 2.45) is 0 Å². The van der Waals surface area contributed by atoms with Gasteiger partial charge < -0.3 is 30.3 Å². The van der Waals surface area contributed by atoms with E-state index in [4.69, 9.17) is 13.3 Å². The molecular weight excluding hydrogens is 484 g/mol. The van der Waals surface area contributed by atoms with E-state index in [0.717, 1.165) is 11.7 Å². The van der Waals surface area contributed by atoms with Crippen molar-refractivity contribution in [2.75, 3.05) is 19.8 Å². The van der Waals surface area contributed by atoms with Gasteiger partial charge in [-0.1, -0.05) is 42.0 Å². The Bertz CT molecular complexity index is 965. The second kappa shape index (κ2) is 11.9. The predicted octanol–water partition coefficient (Wildman–Crippen LogP) is 0.998. The Balaban J connectivity index is 0.00000363. The smallest absolute Gasteiger partial charge is 0.537 e. The highest BCUT2D eigenvalue weighted by atomic mass is 79.9. The highest BCUT2D eigenvalue weighted by molar-refractivity contribution is 6.75. The molecule has 32 heavy (non-hydrogen) atoms. The van der Waals surface area contributed by atoms with Gasteiger partial charge in [-0.05, 0) is 58.2 Å². The van der Waals surface area contributed by atoms with Crippen LogP contribution in [0.1, 0.15) is 43.0 Å². The molecule has 2 aromatic carbocycles. The molecule has 0 fully saturated rings. The molecule has 1 aromatic heterocycles. The number of hydrogen-bond acceptors (Lipinski definition) is 3. The Kier molecular flexibility index (Phi) is 9.85. The molecule has 0 bridgehead atoms.